The molecule has 2 aromatic heterocycles. The minimum Gasteiger partial charge on any atom is -0.394 e. The highest BCUT2D eigenvalue weighted by molar-refractivity contribution is 5.82. The predicted octanol–water partition coefficient (Wildman–Crippen LogP) is 0.223. The average Bonchev–Trinajstić information content (AvgIpc) is 3.14. The van der Waals surface area contributed by atoms with E-state index in [-0.39, 0.29) is 5.82 Å². The Kier molecular flexibility index (Phi) is 5.28. The molecular weight excluding hydrogens is 326 g/mol. The molecule has 0 aromatic carbocycles. The summed E-state index contributed by atoms with van der Waals surface area (Å²) in [6.07, 6.45) is 4.12. The Hall–Kier alpha value is -2.07. The number of aliphatic hydroxyl groups excluding tert-OH is 3. The molecule has 3 rings (SSSR count). The predicted molar refractivity (Wildman–Crippen MR) is 91.3 cm³/mol. The number of ether oxygens (including phenoxy) is 1. The van der Waals surface area contributed by atoms with Crippen molar-refractivity contribution in [1.29, 1.82) is 0 Å². The lowest BCUT2D eigenvalue weighted by Crippen LogP contribution is -2.33. The molecular formula is C16H23N5O4. The average molecular weight is 349 g/mol. The number of fused-ring (bicyclic) bond motifs is 1. The molecule has 0 aliphatic carbocycles. The van der Waals surface area contributed by atoms with Crippen LogP contribution in [-0.2, 0) is 4.74 Å². The zero-order chi connectivity index (χ0) is 18.0. The van der Waals surface area contributed by atoms with Crippen molar-refractivity contribution in [3.05, 3.63) is 18.2 Å². The Labute approximate surface area is 144 Å². The first-order valence-electron chi connectivity index (χ1n) is 8.35. The van der Waals surface area contributed by atoms with Gasteiger partial charge in [-0.05, 0) is 12.5 Å². The highest BCUT2D eigenvalue weighted by Crippen LogP contribution is 2.32. The van der Waals surface area contributed by atoms with Crippen molar-refractivity contribution in [2.75, 3.05) is 12.3 Å². The third-order valence-corrected chi connectivity index (χ3v) is 4.25. The largest absolute Gasteiger partial charge is 0.394 e. The van der Waals surface area contributed by atoms with Crippen LogP contribution in [0.1, 0.15) is 38.2 Å². The summed E-state index contributed by atoms with van der Waals surface area (Å²) >= 11 is 0. The summed E-state index contributed by atoms with van der Waals surface area (Å²) in [6, 6.07) is 0. The van der Waals surface area contributed by atoms with Gasteiger partial charge < -0.3 is 25.8 Å². The second-order valence-electron chi connectivity index (χ2n) is 6.06. The van der Waals surface area contributed by atoms with Crippen LogP contribution < -0.4 is 5.73 Å². The van der Waals surface area contributed by atoms with E-state index in [2.05, 4.69) is 21.9 Å². The summed E-state index contributed by atoms with van der Waals surface area (Å²) in [5.74, 6) is 0.667. The molecule has 1 aliphatic heterocycles. The fourth-order valence-corrected chi connectivity index (χ4v) is 2.84. The van der Waals surface area contributed by atoms with Crippen molar-refractivity contribution in [3.8, 4) is 0 Å². The second kappa shape index (κ2) is 7.44. The van der Waals surface area contributed by atoms with E-state index in [1.54, 1.807) is 6.08 Å². The van der Waals surface area contributed by atoms with Crippen LogP contribution in [0.3, 0.4) is 0 Å². The van der Waals surface area contributed by atoms with Crippen LogP contribution in [-0.4, -0.2) is 59.8 Å². The molecule has 1 saturated heterocycles. The molecule has 25 heavy (non-hydrogen) atoms. The Bertz CT molecular complexity index is 762. The van der Waals surface area contributed by atoms with Crippen LogP contribution in [0, 0.1) is 0 Å². The normalized spacial score (nSPS) is 26.9. The quantitative estimate of drug-likeness (QED) is 0.543. The van der Waals surface area contributed by atoms with Gasteiger partial charge in [0, 0.05) is 0 Å². The third-order valence-electron chi connectivity index (χ3n) is 4.25. The van der Waals surface area contributed by atoms with Crippen molar-refractivity contribution in [2.45, 2.75) is 50.7 Å². The van der Waals surface area contributed by atoms with Gasteiger partial charge >= 0.3 is 0 Å². The number of nitrogen functional groups attached to an aromatic ring is 1. The maximum absolute atomic E-state index is 10.2. The molecule has 5 N–H and O–H groups in total. The molecule has 0 spiro atoms. The smallest absolute Gasteiger partial charge is 0.168 e. The molecule has 4 unspecified atom stereocenters. The highest BCUT2D eigenvalue weighted by atomic mass is 16.6. The van der Waals surface area contributed by atoms with E-state index in [0.717, 1.165) is 19.3 Å². The zero-order valence-electron chi connectivity index (χ0n) is 14.0. The van der Waals surface area contributed by atoms with Gasteiger partial charge in [-0.25, -0.2) is 15.0 Å². The molecule has 0 saturated carbocycles. The first kappa shape index (κ1) is 17.7. The molecule has 136 valence electrons. The number of nitrogens with two attached hydrogens (primary N) is 1. The minimum absolute atomic E-state index is 0.227. The Morgan fingerprint density at radius 3 is 2.80 bits per heavy atom. The molecule has 0 radical (unpaired) electrons. The van der Waals surface area contributed by atoms with Crippen molar-refractivity contribution >= 4 is 23.1 Å². The lowest BCUT2D eigenvalue weighted by molar-refractivity contribution is -0.0511. The van der Waals surface area contributed by atoms with Crippen LogP contribution in [0.25, 0.3) is 17.2 Å². The van der Waals surface area contributed by atoms with E-state index in [1.807, 2.05) is 6.08 Å². The van der Waals surface area contributed by atoms with Gasteiger partial charge in [0.15, 0.2) is 23.5 Å². The van der Waals surface area contributed by atoms with Gasteiger partial charge in [-0.15, -0.1) is 0 Å². The van der Waals surface area contributed by atoms with Crippen LogP contribution in [0.5, 0.6) is 0 Å². The van der Waals surface area contributed by atoms with E-state index in [4.69, 9.17) is 10.5 Å². The number of hydrogen-bond acceptors (Lipinski definition) is 8. The lowest BCUT2D eigenvalue weighted by Gasteiger charge is -2.16. The molecule has 9 heteroatoms. The van der Waals surface area contributed by atoms with Crippen molar-refractivity contribution < 1.29 is 20.1 Å². The summed E-state index contributed by atoms with van der Waals surface area (Å²) < 4.78 is 7.03. The highest BCUT2D eigenvalue weighted by Gasteiger charge is 2.44. The maximum Gasteiger partial charge on any atom is 0.168 e. The maximum atomic E-state index is 10.2. The SMILES string of the molecule is CCCC/C=C/c1nc(N)c2ncn(C3OC(CO)C(O)C3O)c2n1. The number of aromatic nitrogens is 4. The van der Waals surface area contributed by atoms with Gasteiger partial charge in [-0.3, -0.25) is 4.57 Å². The molecule has 1 fully saturated rings. The van der Waals surface area contributed by atoms with Crippen molar-refractivity contribution in [1.82, 2.24) is 19.5 Å². The topological polar surface area (TPSA) is 140 Å². The molecule has 0 bridgehead atoms. The fraction of sp³-hybridized carbons (Fsp3) is 0.562. The van der Waals surface area contributed by atoms with Crippen LogP contribution >= 0.6 is 0 Å². The number of hydrogen-bond donors (Lipinski definition) is 4. The van der Waals surface area contributed by atoms with E-state index >= 15 is 0 Å². The Morgan fingerprint density at radius 1 is 1.32 bits per heavy atom. The van der Waals surface area contributed by atoms with Crippen LogP contribution in [0.15, 0.2) is 12.4 Å². The molecule has 9 nitrogen and oxygen atoms in total. The molecule has 3 heterocycles. The van der Waals surface area contributed by atoms with E-state index in [0.29, 0.717) is 17.0 Å². The van der Waals surface area contributed by atoms with Crippen molar-refractivity contribution in [3.63, 3.8) is 0 Å². The van der Waals surface area contributed by atoms with Gasteiger partial charge in [-0.2, -0.15) is 0 Å². The summed E-state index contributed by atoms with van der Waals surface area (Å²) in [5, 5.41) is 29.4. The molecule has 1 aliphatic rings. The zero-order valence-corrected chi connectivity index (χ0v) is 14.0. The van der Waals surface area contributed by atoms with E-state index in [9.17, 15) is 15.3 Å². The summed E-state index contributed by atoms with van der Waals surface area (Å²) in [7, 11) is 0. The third kappa shape index (κ3) is 3.36. The molecule has 2 aromatic rings. The van der Waals surface area contributed by atoms with Crippen molar-refractivity contribution in [2.24, 2.45) is 0 Å². The van der Waals surface area contributed by atoms with E-state index < -0.39 is 31.1 Å². The first-order chi connectivity index (χ1) is 12.1. The number of unbranched alkanes of at least 4 members (excludes halogenated alkanes) is 2. The number of aliphatic hydroxyl groups is 3. The Morgan fingerprint density at radius 2 is 2.12 bits per heavy atom. The van der Waals surface area contributed by atoms with Gasteiger partial charge in [0.05, 0.1) is 12.9 Å². The lowest BCUT2D eigenvalue weighted by atomic mass is 10.1. The summed E-state index contributed by atoms with van der Waals surface area (Å²) in [4.78, 5) is 12.8. The summed E-state index contributed by atoms with van der Waals surface area (Å²) in [6.45, 7) is 1.72. The number of imidazole rings is 1. The molecule has 4 atom stereocenters. The number of rotatable bonds is 6. The fourth-order valence-electron chi connectivity index (χ4n) is 2.84. The number of allylic oxidation sites excluding steroid dienone is 1. The van der Waals surface area contributed by atoms with Gasteiger partial charge in [-0.1, -0.05) is 25.8 Å². The van der Waals surface area contributed by atoms with Crippen LogP contribution in [0.4, 0.5) is 5.82 Å². The minimum atomic E-state index is -1.21. The van der Waals surface area contributed by atoms with Gasteiger partial charge in [0.2, 0.25) is 0 Å². The van der Waals surface area contributed by atoms with Gasteiger partial charge in [0.1, 0.15) is 23.8 Å². The molecule has 0 amide bonds. The Balaban J connectivity index is 1.94. The monoisotopic (exact) mass is 349 g/mol. The second-order valence-corrected chi connectivity index (χ2v) is 6.06. The number of anilines is 1. The standard InChI is InChI=1S/C16H23N5O4/c1-2-3-4-5-6-10-19-14(17)11-15(20-10)21(8-18-11)16-13(24)12(23)9(7-22)25-16/h5-6,8-9,12-13,16,22-24H,2-4,7H2,1H3,(H2,17,19,20)/b6-5+. The van der Waals surface area contributed by atoms with Crippen LogP contribution in [0.2, 0.25) is 0 Å². The summed E-state index contributed by atoms with van der Waals surface area (Å²) in [5.41, 5.74) is 6.75. The first-order valence-corrected chi connectivity index (χ1v) is 8.35. The van der Waals surface area contributed by atoms with Gasteiger partial charge in [0.25, 0.3) is 0 Å². The van der Waals surface area contributed by atoms with E-state index in [1.165, 1.54) is 10.9 Å². The number of nitrogens with zero attached hydrogens (tertiary/aromatic N) is 4.